The maximum Gasteiger partial charge on any atom is 0.410 e. The Morgan fingerprint density at radius 1 is 1.12 bits per heavy atom. The van der Waals surface area contributed by atoms with Crippen molar-refractivity contribution in [3.05, 3.63) is 83.3 Å². The van der Waals surface area contributed by atoms with E-state index < -0.39 is 5.97 Å². The van der Waals surface area contributed by atoms with Crippen LogP contribution in [0.1, 0.15) is 41.0 Å². The second kappa shape index (κ2) is 13.2. The third kappa shape index (κ3) is 6.83. The van der Waals surface area contributed by atoms with Crippen LogP contribution in [0.5, 0.6) is 0 Å². The number of guanidine groups is 1. The number of benzene rings is 2. The maximum atomic E-state index is 12.8. The Balaban J connectivity index is 1.28. The lowest BCUT2D eigenvalue weighted by Crippen LogP contribution is -2.58. The molecule has 1 atom stereocenters. The van der Waals surface area contributed by atoms with E-state index in [4.69, 9.17) is 9.84 Å². The summed E-state index contributed by atoms with van der Waals surface area (Å²) >= 11 is 0. The van der Waals surface area contributed by atoms with Crippen molar-refractivity contribution in [1.82, 2.24) is 19.8 Å². The molecular weight excluding hydrogens is 548 g/mol. The van der Waals surface area contributed by atoms with Crippen molar-refractivity contribution in [3.8, 4) is 6.19 Å². The van der Waals surface area contributed by atoms with Crippen LogP contribution >= 0.6 is 0 Å². The number of ether oxygens (including phenoxy) is 1. The first-order valence-electron chi connectivity index (χ1n) is 14.2. The van der Waals surface area contributed by atoms with E-state index in [1.165, 1.54) is 12.4 Å². The molecule has 1 amide bonds. The summed E-state index contributed by atoms with van der Waals surface area (Å²) in [7, 11) is 0. The Hall–Kier alpha value is -5.18. The number of carboxylic acids is 1. The van der Waals surface area contributed by atoms with E-state index in [2.05, 4.69) is 43.9 Å². The summed E-state index contributed by atoms with van der Waals surface area (Å²) in [6.07, 6.45) is 4.99. The molecule has 1 fully saturated rings. The van der Waals surface area contributed by atoms with Crippen molar-refractivity contribution in [2.24, 2.45) is 10.9 Å². The fourth-order valence-electron chi connectivity index (χ4n) is 5.47. The molecular formula is C31H34N8O4. The highest BCUT2D eigenvalue weighted by molar-refractivity contribution is 5.95. The standard InChI is InChI=1S/C31H34N8O4/c1-21(2)27-18-37(28-16-33-26(15-34-28)29(40)41)13-14-39(27)30(35-20-32)36-25-10-6-9-23-17-38(12-11-24(23)25)31(42)43-19-22-7-4-3-5-8-22/h3-10,15-16,21,27H,11-14,17-19H2,1-2H3,(H,35,36)(H,40,41)/t27-/m1/s1. The zero-order valence-corrected chi connectivity index (χ0v) is 24.2. The highest BCUT2D eigenvalue weighted by Gasteiger charge is 2.33. The van der Waals surface area contributed by atoms with Crippen LogP contribution < -0.4 is 10.2 Å². The lowest BCUT2D eigenvalue weighted by Gasteiger charge is -2.45. The number of nitrogens with one attached hydrogen (secondary N) is 1. The molecule has 0 unspecified atom stereocenters. The first kappa shape index (κ1) is 29.3. The van der Waals surface area contributed by atoms with E-state index in [0.717, 1.165) is 22.4 Å². The number of anilines is 2. The minimum atomic E-state index is -1.12. The molecule has 1 saturated heterocycles. The van der Waals surface area contributed by atoms with Gasteiger partial charge >= 0.3 is 12.1 Å². The van der Waals surface area contributed by atoms with Gasteiger partial charge in [-0.1, -0.05) is 56.3 Å². The average molecular weight is 583 g/mol. The molecule has 43 heavy (non-hydrogen) atoms. The Morgan fingerprint density at radius 3 is 2.63 bits per heavy atom. The number of aromatic carboxylic acids is 1. The molecule has 5 rings (SSSR count). The number of hydrogen-bond donors (Lipinski definition) is 2. The van der Waals surface area contributed by atoms with Gasteiger partial charge in [0.1, 0.15) is 12.4 Å². The quantitative estimate of drug-likeness (QED) is 0.249. The molecule has 2 aromatic carbocycles. The van der Waals surface area contributed by atoms with Gasteiger partial charge < -0.3 is 29.9 Å². The SMILES string of the molecule is CC(C)[C@H]1CN(c2cnc(C(=O)O)cn2)CCN1/C(=N\C#N)Nc1cccc2c1CCN(C(=O)OCc1ccccc1)C2. The number of hydrogen-bond acceptors (Lipinski definition) is 8. The number of carboxylic acid groups (broad SMARTS) is 1. The van der Waals surface area contributed by atoms with Crippen LogP contribution in [0.15, 0.2) is 65.9 Å². The number of fused-ring (bicyclic) bond motifs is 1. The average Bonchev–Trinajstić information content (AvgIpc) is 3.03. The Morgan fingerprint density at radius 2 is 1.93 bits per heavy atom. The van der Waals surface area contributed by atoms with E-state index in [1.54, 1.807) is 4.90 Å². The number of piperazine rings is 1. The Labute approximate surface area is 250 Å². The summed E-state index contributed by atoms with van der Waals surface area (Å²) in [6.45, 7) is 7.14. The third-order valence-corrected chi connectivity index (χ3v) is 7.77. The van der Waals surface area contributed by atoms with Gasteiger partial charge in [0.15, 0.2) is 5.69 Å². The van der Waals surface area contributed by atoms with Gasteiger partial charge in [-0.25, -0.2) is 19.6 Å². The second-order valence-corrected chi connectivity index (χ2v) is 10.8. The summed E-state index contributed by atoms with van der Waals surface area (Å²) in [6, 6.07) is 15.5. The third-order valence-electron chi connectivity index (χ3n) is 7.77. The van der Waals surface area contributed by atoms with E-state index in [1.807, 2.05) is 54.7 Å². The van der Waals surface area contributed by atoms with E-state index in [9.17, 15) is 14.9 Å². The predicted octanol–water partition coefficient (Wildman–Crippen LogP) is 3.97. The van der Waals surface area contributed by atoms with Crippen LogP contribution in [-0.2, 0) is 24.3 Å². The topological polar surface area (TPSA) is 147 Å². The van der Waals surface area contributed by atoms with Gasteiger partial charge in [0.05, 0.1) is 18.4 Å². The molecule has 12 heteroatoms. The molecule has 3 heterocycles. The normalized spacial score (nSPS) is 16.8. The number of aliphatic imine (C=N–C) groups is 1. The molecule has 12 nitrogen and oxygen atoms in total. The van der Waals surface area contributed by atoms with Crippen molar-refractivity contribution in [2.75, 3.05) is 36.4 Å². The summed E-state index contributed by atoms with van der Waals surface area (Å²) in [5.74, 6) is 0.156. The number of rotatable bonds is 6. The van der Waals surface area contributed by atoms with Crippen LogP contribution in [0.2, 0.25) is 0 Å². The lowest BCUT2D eigenvalue weighted by molar-refractivity contribution is 0.0689. The zero-order chi connectivity index (χ0) is 30.3. The molecule has 3 aromatic rings. The molecule has 2 aliphatic heterocycles. The summed E-state index contributed by atoms with van der Waals surface area (Å²) in [4.78, 5) is 42.4. The van der Waals surface area contributed by atoms with E-state index in [-0.39, 0.29) is 30.4 Å². The van der Waals surface area contributed by atoms with Gasteiger partial charge in [0, 0.05) is 38.4 Å². The van der Waals surface area contributed by atoms with Crippen LogP contribution in [0, 0.1) is 17.4 Å². The first-order chi connectivity index (χ1) is 20.8. The maximum absolute atomic E-state index is 12.8. The van der Waals surface area contributed by atoms with Crippen molar-refractivity contribution in [3.63, 3.8) is 0 Å². The van der Waals surface area contributed by atoms with Crippen molar-refractivity contribution in [2.45, 2.75) is 39.5 Å². The number of nitriles is 1. The van der Waals surface area contributed by atoms with Crippen molar-refractivity contribution >= 4 is 29.5 Å². The largest absolute Gasteiger partial charge is 0.476 e. The highest BCUT2D eigenvalue weighted by atomic mass is 16.6. The van der Waals surface area contributed by atoms with Crippen LogP contribution in [0.4, 0.5) is 16.3 Å². The van der Waals surface area contributed by atoms with Crippen LogP contribution in [-0.4, -0.2) is 75.1 Å². The van der Waals surface area contributed by atoms with Crippen molar-refractivity contribution < 1.29 is 19.4 Å². The number of carbonyl (C=O) groups is 2. The van der Waals surface area contributed by atoms with Gasteiger partial charge in [0.2, 0.25) is 12.2 Å². The van der Waals surface area contributed by atoms with E-state index >= 15 is 0 Å². The monoisotopic (exact) mass is 582 g/mol. The molecule has 0 spiro atoms. The van der Waals surface area contributed by atoms with Gasteiger partial charge in [0.25, 0.3) is 0 Å². The number of carbonyl (C=O) groups excluding carboxylic acids is 1. The number of amides is 1. The molecule has 222 valence electrons. The summed E-state index contributed by atoms with van der Waals surface area (Å²) in [5, 5.41) is 22.2. The van der Waals surface area contributed by atoms with Gasteiger partial charge in [-0.15, -0.1) is 4.99 Å². The molecule has 2 N–H and O–H groups in total. The van der Waals surface area contributed by atoms with Crippen LogP contribution in [0.3, 0.4) is 0 Å². The van der Waals surface area contributed by atoms with Crippen molar-refractivity contribution in [1.29, 1.82) is 5.26 Å². The molecule has 0 radical (unpaired) electrons. The zero-order valence-electron chi connectivity index (χ0n) is 24.2. The fraction of sp³-hybridized carbons (Fsp3) is 0.355. The van der Waals surface area contributed by atoms with E-state index in [0.29, 0.717) is 50.9 Å². The first-order valence-corrected chi connectivity index (χ1v) is 14.2. The summed E-state index contributed by atoms with van der Waals surface area (Å²) in [5.41, 5.74) is 3.78. The second-order valence-electron chi connectivity index (χ2n) is 10.8. The smallest absolute Gasteiger partial charge is 0.410 e. The Kier molecular flexibility index (Phi) is 9.00. The van der Waals surface area contributed by atoms with Crippen LogP contribution in [0.25, 0.3) is 0 Å². The van der Waals surface area contributed by atoms with Gasteiger partial charge in [-0.3, -0.25) is 0 Å². The molecule has 2 aliphatic rings. The fourth-order valence-corrected chi connectivity index (χ4v) is 5.47. The van der Waals surface area contributed by atoms with Gasteiger partial charge in [-0.05, 0) is 35.1 Å². The predicted molar refractivity (Wildman–Crippen MR) is 160 cm³/mol. The minimum Gasteiger partial charge on any atom is -0.476 e. The Bertz CT molecular complexity index is 1520. The lowest BCUT2D eigenvalue weighted by atomic mass is 9.97. The highest BCUT2D eigenvalue weighted by Crippen LogP contribution is 2.28. The molecule has 0 aliphatic carbocycles. The molecule has 1 aromatic heterocycles. The molecule has 0 bridgehead atoms. The minimum absolute atomic E-state index is 0.0104. The summed E-state index contributed by atoms with van der Waals surface area (Å²) < 4.78 is 5.55. The van der Waals surface area contributed by atoms with Gasteiger partial charge in [-0.2, -0.15) is 5.26 Å². The molecule has 0 saturated carbocycles. The number of nitrogens with zero attached hydrogens (tertiary/aromatic N) is 7. The number of aromatic nitrogens is 2.